The van der Waals surface area contributed by atoms with Gasteiger partial charge in [-0.3, -0.25) is 0 Å². The number of carbonyl (C=O) groups is 3. The molecule has 7 nitrogen and oxygen atoms in total. The number of aliphatic carboxylic acids is 1. The molecule has 1 amide bonds. The van der Waals surface area contributed by atoms with E-state index in [-0.39, 0.29) is 25.6 Å². The third-order valence-electron chi connectivity index (χ3n) is 5.90. The molecule has 3 aromatic rings. The van der Waals surface area contributed by atoms with Gasteiger partial charge in [0.2, 0.25) is 0 Å². The van der Waals surface area contributed by atoms with Crippen LogP contribution in [0.1, 0.15) is 33.0 Å². The van der Waals surface area contributed by atoms with E-state index in [1.807, 2.05) is 48.5 Å². The Bertz CT molecular complexity index is 1200. The van der Waals surface area contributed by atoms with Gasteiger partial charge in [-0.05, 0) is 39.9 Å². The standard InChI is InChI=1S/C28H25NO6/c1-2-15-34-27(32)19-13-11-18(12-14-19)16-25(26(30)31)29-28(33)35-17-24-22-9-5-3-7-20(22)21-8-4-6-10-23(21)24/h2-14,24-25H,1,15-17H2,(H,29,33)(H,30,31)/t25-/m0/s1. The fourth-order valence-corrected chi connectivity index (χ4v) is 4.21. The lowest BCUT2D eigenvalue weighted by molar-refractivity contribution is -0.139. The van der Waals surface area contributed by atoms with E-state index in [1.165, 1.54) is 6.08 Å². The number of carboxylic acids is 1. The Morgan fingerprint density at radius 2 is 1.51 bits per heavy atom. The van der Waals surface area contributed by atoms with Crippen LogP contribution in [0.3, 0.4) is 0 Å². The summed E-state index contributed by atoms with van der Waals surface area (Å²) in [6.07, 6.45) is 0.698. The number of ether oxygens (including phenoxy) is 2. The summed E-state index contributed by atoms with van der Waals surface area (Å²) in [5.41, 5.74) is 5.34. The molecule has 0 saturated heterocycles. The summed E-state index contributed by atoms with van der Waals surface area (Å²) in [7, 11) is 0. The van der Waals surface area contributed by atoms with Gasteiger partial charge in [0.15, 0.2) is 0 Å². The van der Waals surface area contributed by atoms with Crippen LogP contribution >= 0.6 is 0 Å². The normalized spacial score (nSPS) is 12.7. The topological polar surface area (TPSA) is 102 Å². The van der Waals surface area contributed by atoms with Crippen molar-refractivity contribution in [2.45, 2.75) is 18.4 Å². The average molecular weight is 472 g/mol. The van der Waals surface area contributed by atoms with Crippen LogP contribution in [-0.2, 0) is 20.7 Å². The Hall–Kier alpha value is -4.39. The summed E-state index contributed by atoms with van der Waals surface area (Å²) in [4.78, 5) is 36.2. The van der Waals surface area contributed by atoms with Crippen molar-refractivity contribution in [3.8, 4) is 11.1 Å². The summed E-state index contributed by atoms with van der Waals surface area (Å²) in [5, 5.41) is 12.0. The van der Waals surface area contributed by atoms with E-state index in [0.717, 1.165) is 22.3 Å². The number of benzene rings is 3. The Morgan fingerprint density at radius 1 is 0.914 bits per heavy atom. The molecular formula is C28H25NO6. The summed E-state index contributed by atoms with van der Waals surface area (Å²) in [6.45, 7) is 3.69. The predicted octanol–water partition coefficient (Wildman–Crippen LogP) is 4.56. The van der Waals surface area contributed by atoms with Gasteiger partial charge in [-0.2, -0.15) is 0 Å². The highest BCUT2D eigenvalue weighted by Crippen LogP contribution is 2.44. The van der Waals surface area contributed by atoms with Crippen LogP contribution in [0.15, 0.2) is 85.5 Å². The van der Waals surface area contributed by atoms with Crippen molar-refractivity contribution in [2.24, 2.45) is 0 Å². The Kier molecular flexibility index (Phi) is 7.26. The molecular weight excluding hydrogens is 446 g/mol. The van der Waals surface area contributed by atoms with Crippen LogP contribution < -0.4 is 5.32 Å². The molecule has 0 heterocycles. The SMILES string of the molecule is C=CCOC(=O)c1ccc(C[C@H](NC(=O)OCC2c3ccccc3-c3ccccc32)C(=O)O)cc1. The van der Waals surface area contributed by atoms with Crippen LogP contribution in [0.5, 0.6) is 0 Å². The molecule has 0 fully saturated rings. The molecule has 2 N–H and O–H groups in total. The van der Waals surface area contributed by atoms with Crippen molar-refractivity contribution >= 4 is 18.0 Å². The highest BCUT2D eigenvalue weighted by Gasteiger charge is 2.29. The second-order valence-electron chi connectivity index (χ2n) is 8.15. The molecule has 3 aromatic carbocycles. The van der Waals surface area contributed by atoms with E-state index in [4.69, 9.17) is 9.47 Å². The number of hydrogen-bond acceptors (Lipinski definition) is 5. The second kappa shape index (κ2) is 10.7. The van der Waals surface area contributed by atoms with E-state index in [1.54, 1.807) is 24.3 Å². The third kappa shape index (κ3) is 5.41. The molecule has 0 aliphatic heterocycles. The molecule has 0 bridgehead atoms. The molecule has 0 saturated carbocycles. The number of carbonyl (C=O) groups excluding carboxylic acids is 2. The maximum atomic E-state index is 12.5. The van der Waals surface area contributed by atoms with Gasteiger partial charge in [0.1, 0.15) is 19.3 Å². The summed E-state index contributed by atoms with van der Waals surface area (Å²) >= 11 is 0. The molecule has 1 atom stereocenters. The minimum Gasteiger partial charge on any atom is -0.480 e. The molecule has 0 aromatic heterocycles. The Morgan fingerprint density at radius 3 is 2.09 bits per heavy atom. The molecule has 0 spiro atoms. The molecule has 178 valence electrons. The third-order valence-corrected chi connectivity index (χ3v) is 5.90. The van der Waals surface area contributed by atoms with Gasteiger partial charge < -0.3 is 19.9 Å². The lowest BCUT2D eigenvalue weighted by Gasteiger charge is -2.17. The monoisotopic (exact) mass is 471 g/mol. The van der Waals surface area contributed by atoms with E-state index in [0.29, 0.717) is 11.1 Å². The van der Waals surface area contributed by atoms with Crippen LogP contribution in [0.2, 0.25) is 0 Å². The van der Waals surface area contributed by atoms with Crippen LogP contribution in [0.4, 0.5) is 4.79 Å². The zero-order valence-electron chi connectivity index (χ0n) is 19.0. The smallest absolute Gasteiger partial charge is 0.407 e. The number of hydrogen-bond donors (Lipinski definition) is 2. The molecule has 7 heteroatoms. The number of esters is 1. The van der Waals surface area contributed by atoms with Gasteiger partial charge in [0.25, 0.3) is 0 Å². The first-order chi connectivity index (χ1) is 17.0. The summed E-state index contributed by atoms with van der Waals surface area (Å²) < 4.78 is 10.4. The van der Waals surface area contributed by atoms with E-state index in [2.05, 4.69) is 11.9 Å². The van der Waals surface area contributed by atoms with E-state index >= 15 is 0 Å². The lowest BCUT2D eigenvalue weighted by atomic mass is 9.98. The number of amides is 1. The van der Waals surface area contributed by atoms with Crippen molar-refractivity contribution in [3.63, 3.8) is 0 Å². The van der Waals surface area contributed by atoms with Crippen molar-refractivity contribution < 1.29 is 29.0 Å². The molecule has 0 radical (unpaired) electrons. The number of carboxylic acid groups (broad SMARTS) is 1. The highest BCUT2D eigenvalue weighted by molar-refractivity contribution is 5.89. The maximum absolute atomic E-state index is 12.5. The Labute approximate surface area is 203 Å². The first kappa shape index (κ1) is 23.8. The van der Waals surface area contributed by atoms with Crippen molar-refractivity contribution in [3.05, 3.63) is 108 Å². The largest absolute Gasteiger partial charge is 0.480 e. The van der Waals surface area contributed by atoms with Crippen molar-refractivity contribution in [1.29, 1.82) is 0 Å². The van der Waals surface area contributed by atoms with Crippen LogP contribution in [0.25, 0.3) is 11.1 Å². The molecule has 4 rings (SSSR count). The molecule has 1 aliphatic carbocycles. The second-order valence-corrected chi connectivity index (χ2v) is 8.15. The van der Waals surface area contributed by atoms with Crippen LogP contribution in [0, 0.1) is 0 Å². The number of nitrogens with one attached hydrogen (secondary N) is 1. The first-order valence-electron chi connectivity index (χ1n) is 11.2. The van der Waals surface area contributed by atoms with Gasteiger partial charge in [-0.15, -0.1) is 0 Å². The average Bonchev–Trinajstić information content (AvgIpc) is 3.19. The minimum absolute atomic E-state index is 0.0293. The zero-order chi connectivity index (χ0) is 24.8. The number of rotatable bonds is 9. The Balaban J connectivity index is 1.37. The molecule has 0 unspecified atom stereocenters. The fraction of sp³-hybridized carbons (Fsp3) is 0.179. The van der Waals surface area contributed by atoms with Crippen LogP contribution in [-0.4, -0.2) is 42.4 Å². The van der Waals surface area contributed by atoms with Gasteiger partial charge >= 0.3 is 18.0 Å². The van der Waals surface area contributed by atoms with E-state index < -0.39 is 24.1 Å². The number of fused-ring (bicyclic) bond motifs is 3. The minimum atomic E-state index is -1.19. The van der Waals surface area contributed by atoms with Gasteiger partial charge in [-0.25, -0.2) is 14.4 Å². The van der Waals surface area contributed by atoms with Crippen molar-refractivity contribution in [2.75, 3.05) is 13.2 Å². The summed E-state index contributed by atoms with van der Waals surface area (Å²) in [5.74, 6) is -1.80. The quantitative estimate of drug-likeness (QED) is 0.350. The van der Waals surface area contributed by atoms with Gasteiger partial charge in [0.05, 0.1) is 5.56 Å². The van der Waals surface area contributed by atoms with Crippen molar-refractivity contribution in [1.82, 2.24) is 5.32 Å². The first-order valence-corrected chi connectivity index (χ1v) is 11.2. The summed E-state index contributed by atoms with van der Waals surface area (Å²) in [6, 6.07) is 21.1. The fourth-order valence-electron chi connectivity index (χ4n) is 4.21. The highest BCUT2D eigenvalue weighted by atomic mass is 16.5. The molecule has 1 aliphatic rings. The van der Waals surface area contributed by atoms with E-state index in [9.17, 15) is 19.5 Å². The van der Waals surface area contributed by atoms with Gasteiger partial charge in [-0.1, -0.05) is 73.3 Å². The lowest BCUT2D eigenvalue weighted by Crippen LogP contribution is -2.42. The maximum Gasteiger partial charge on any atom is 0.407 e. The predicted molar refractivity (Wildman–Crippen MR) is 130 cm³/mol. The van der Waals surface area contributed by atoms with Gasteiger partial charge in [0, 0.05) is 12.3 Å². The number of alkyl carbamates (subject to hydrolysis) is 1. The molecule has 35 heavy (non-hydrogen) atoms. The zero-order valence-corrected chi connectivity index (χ0v) is 19.0.